The van der Waals surface area contributed by atoms with Crippen LogP contribution in [0.25, 0.3) is 11.1 Å². The number of aryl methyl sites for hydroxylation is 1. The highest BCUT2D eigenvalue weighted by atomic mass is 32.1. The van der Waals surface area contributed by atoms with Gasteiger partial charge < -0.3 is 19.5 Å². The van der Waals surface area contributed by atoms with E-state index >= 15 is 0 Å². The van der Waals surface area contributed by atoms with E-state index in [9.17, 15) is 9.59 Å². The lowest BCUT2D eigenvalue weighted by atomic mass is 10.0. The smallest absolute Gasteiger partial charge is 0.341 e. The largest absolute Gasteiger partial charge is 0.493 e. The first-order valence-corrected chi connectivity index (χ1v) is 10.8. The number of anilines is 1. The van der Waals surface area contributed by atoms with E-state index < -0.39 is 5.97 Å². The van der Waals surface area contributed by atoms with Crippen LogP contribution in [0.1, 0.15) is 40.1 Å². The molecular formula is C24H25NO5S. The van der Waals surface area contributed by atoms with Crippen molar-refractivity contribution in [3.05, 3.63) is 64.5 Å². The molecule has 0 aliphatic carbocycles. The van der Waals surface area contributed by atoms with Gasteiger partial charge in [-0.05, 0) is 48.7 Å². The standard InChI is InChI=1S/C24H25NO5S/c1-5-15-7-9-16(10-8-15)22(26)25-23-21(24(27)30-6-2)18(14-31-23)17-11-12-19(28-3)20(13-17)29-4/h7-14H,5-6H2,1-4H3,(H,25,26). The van der Waals surface area contributed by atoms with E-state index in [1.165, 1.54) is 11.3 Å². The molecule has 1 aromatic heterocycles. The summed E-state index contributed by atoms with van der Waals surface area (Å²) in [5.74, 6) is 0.352. The minimum atomic E-state index is -0.495. The molecule has 0 spiro atoms. The van der Waals surface area contributed by atoms with Crippen LogP contribution >= 0.6 is 11.3 Å². The lowest BCUT2D eigenvalue weighted by molar-refractivity contribution is 0.0529. The van der Waals surface area contributed by atoms with Crippen molar-refractivity contribution in [3.63, 3.8) is 0 Å². The number of ether oxygens (including phenoxy) is 3. The van der Waals surface area contributed by atoms with E-state index in [1.807, 2.05) is 23.6 Å². The lowest BCUT2D eigenvalue weighted by Gasteiger charge is -2.11. The zero-order valence-electron chi connectivity index (χ0n) is 18.0. The van der Waals surface area contributed by atoms with Crippen LogP contribution in [-0.4, -0.2) is 32.7 Å². The number of nitrogens with one attached hydrogen (secondary N) is 1. The maximum absolute atomic E-state index is 12.8. The van der Waals surface area contributed by atoms with Crippen molar-refractivity contribution in [2.45, 2.75) is 20.3 Å². The van der Waals surface area contributed by atoms with Gasteiger partial charge >= 0.3 is 5.97 Å². The second-order valence-corrected chi connectivity index (χ2v) is 7.53. The molecule has 1 N–H and O–H groups in total. The molecule has 3 aromatic rings. The molecule has 0 aliphatic heterocycles. The van der Waals surface area contributed by atoms with Crippen molar-refractivity contribution in [1.29, 1.82) is 0 Å². The fourth-order valence-corrected chi connectivity index (χ4v) is 4.09. The number of thiophene rings is 1. The molecule has 0 unspecified atom stereocenters. The summed E-state index contributed by atoms with van der Waals surface area (Å²) in [6.07, 6.45) is 0.897. The summed E-state index contributed by atoms with van der Waals surface area (Å²) in [5, 5.41) is 5.13. The molecule has 0 atom stereocenters. The number of methoxy groups -OCH3 is 2. The molecule has 0 saturated carbocycles. The maximum Gasteiger partial charge on any atom is 0.341 e. The van der Waals surface area contributed by atoms with Gasteiger partial charge in [-0.2, -0.15) is 0 Å². The van der Waals surface area contributed by atoms with Gasteiger partial charge in [0.05, 0.1) is 20.8 Å². The van der Waals surface area contributed by atoms with Crippen LogP contribution in [0.3, 0.4) is 0 Å². The van der Waals surface area contributed by atoms with Crippen molar-refractivity contribution in [2.24, 2.45) is 0 Å². The van der Waals surface area contributed by atoms with Crippen molar-refractivity contribution < 1.29 is 23.8 Å². The van der Waals surface area contributed by atoms with E-state index in [0.717, 1.165) is 17.5 Å². The quantitative estimate of drug-likeness (QED) is 0.474. The van der Waals surface area contributed by atoms with E-state index in [-0.39, 0.29) is 12.5 Å². The number of esters is 1. The molecule has 0 saturated heterocycles. The van der Waals surface area contributed by atoms with Crippen molar-refractivity contribution in [3.8, 4) is 22.6 Å². The molecule has 0 fully saturated rings. The van der Waals surface area contributed by atoms with Crippen molar-refractivity contribution in [1.82, 2.24) is 0 Å². The number of rotatable bonds is 8. The highest BCUT2D eigenvalue weighted by Crippen LogP contribution is 2.39. The molecule has 162 valence electrons. The van der Waals surface area contributed by atoms with Crippen LogP contribution in [0.15, 0.2) is 47.8 Å². The van der Waals surface area contributed by atoms with Gasteiger partial charge in [0.15, 0.2) is 11.5 Å². The molecule has 0 radical (unpaired) electrons. The van der Waals surface area contributed by atoms with E-state index in [4.69, 9.17) is 14.2 Å². The number of hydrogen-bond acceptors (Lipinski definition) is 6. The monoisotopic (exact) mass is 439 g/mol. The molecule has 31 heavy (non-hydrogen) atoms. The zero-order chi connectivity index (χ0) is 22.4. The summed E-state index contributed by atoms with van der Waals surface area (Å²) >= 11 is 1.27. The van der Waals surface area contributed by atoms with E-state index in [1.54, 1.807) is 45.4 Å². The molecule has 6 nitrogen and oxygen atoms in total. The Balaban J connectivity index is 1.99. The molecule has 0 aliphatic rings. The molecule has 2 aromatic carbocycles. The fourth-order valence-electron chi connectivity index (χ4n) is 3.14. The fraction of sp³-hybridized carbons (Fsp3) is 0.250. The van der Waals surface area contributed by atoms with Crippen LogP contribution in [0.2, 0.25) is 0 Å². The Morgan fingerprint density at radius 1 is 0.968 bits per heavy atom. The number of carbonyl (C=O) groups excluding carboxylic acids is 2. The normalized spacial score (nSPS) is 10.5. The number of amides is 1. The Morgan fingerprint density at radius 2 is 1.68 bits per heavy atom. The predicted molar refractivity (Wildman–Crippen MR) is 123 cm³/mol. The molecule has 1 amide bonds. The van der Waals surface area contributed by atoms with E-state index in [0.29, 0.717) is 33.2 Å². The topological polar surface area (TPSA) is 73.9 Å². The van der Waals surface area contributed by atoms with Gasteiger partial charge in [0, 0.05) is 16.5 Å². The summed E-state index contributed by atoms with van der Waals surface area (Å²) in [4.78, 5) is 25.6. The van der Waals surface area contributed by atoms with Crippen LogP contribution in [-0.2, 0) is 11.2 Å². The minimum Gasteiger partial charge on any atom is -0.493 e. The second-order valence-electron chi connectivity index (χ2n) is 6.65. The van der Waals surface area contributed by atoms with Gasteiger partial charge in [0.2, 0.25) is 0 Å². The highest BCUT2D eigenvalue weighted by Gasteiger charge is 2.24. The minimum absolute atomic E-state index is 0.228. The van der Waals surface area contributed by atoms with Crippen LogP contribution in [0.4, 0.5) is 5.00 Å². The summed E-state index contributed by atoms with van der Waals surface area (Å²) in [6, 6.07) is 12.8. The molecular weight excluding hydrogens is 414 g/mol. The van der Waals surface area contributed by atoms with E-state index in [2.05, 4.69) is 12.2 Å². The van der Waals surface area contributed by atoms with Gasteiger partial charge in [-0.25, -0.2) is 4.79 Å². The third-order valence-electron chi connectivity index (χ3n) is 4.82. The molecule has 3 rings (SSSR count). The predicted octanol–water partition coefficient (Wildman–Crippen LogP) is 5.42. The van der Waals surface area contributed by atoms with Gasteiger partial charge in [-0.15, -0.1) is 11.3 Å². The number of carbonyl (C=O) groups is 2. The third-order valence-corrected chi connectivity index (χ3v) is 5.71. The van der Waals surface area contributed by atoms with Crippen LogP contribution in [0.5, 0.6) is 11.5 Å². The van der Waals surface area contributed by atoms with Gasteiger partial charge in [-0.3, -0.25) is 4.79 Å². The Hall–Kier alpha value is -3.32. The SMILES string of the molecule is CCOC(=O)c1c(-c2ccc(OC)c(OC)c2)csc1NC(=O)c1ccc(CC)cc1. The summed E-state index contributed by atoms with van der Waals surface area (Å²) in [5.41, 5.74) is 3.40. The summed E-state index contributed by atoms with van der Waals surface area (Å²) in [7, 11) is 3.11. The average Bonchev–Trinajstić information content (AvgIpc) is 3.22. The Kier molecular flexibility index (Phi) is 7.31. The Labute approximate surface area is 185 Å². The molecule has 0 bridgehead atoms. The highest BCUT2D eigenvalue weighted by molar-refractivity contribution is 7.15. The van der Waals surface area contributed by atoms with Gasteiger partial charge in [0.25, 0.3) is 5.91 Å². The summed E-state index contributed by atoms with van der Waals surface area (Å²) in [6.45, 7) is 4.03. The number of hydrogen-bond donors (Lipinski definition) is 1. The van der Waals surface area contributed by atoms with Crippen LogP contribution < -0.4 is 14.8 Å². The van der Waals surface area contributed by atoms with Gasteiger partial charge in [-0.1, -0.05) is 25.1 Å². The van der Waals surface area contributed by atoms with Crippen molar-refractivity contribution in [2.75, 3.05) is 26.1 Å². The second kappa shape index (κ2) is 10.1. The molecule has 7 heteroatoms. The Morgan fingerprint density at radius 3 is 2.29 bits per heavy atom. The lowest BCUT2D eigenvalue weighted by Crippen LogP contribution is -2.14. The van der Waals surface area contributed by atoms with Gasteiger partial charge in [0.1, 0.15) is 10.6 Å². The zero-order valence-corrected chi connectivity index (χ0v) is 18.8. The molecule has 1 heterocycles. The summed E-state index contributed by atoms with van der Waals surface area (Å²) < 4.78 is 16.0. The van der Waals surface area contributed by atoms with Crippen molar-refractivity contribution >= 4 is 28.2 Å². The Bertz CT molecular complexity index is 1070. The first-order chi connectivity index (χ1) is 15.0. The van der Waals surface area contributed by atoms with Crippen LogP contribution in [0, 0.1) is 0 Å². The first kappa shape index (κ1) is 22.4. The average molecular weight is 440 g/mol. The number of benzene rings is 2. The first-order valence-electron chi connectivity index (χ1n) is 9.93. The third kappa shape index (κ3) is 4.88. The maximum atomic E-state index is 12.8.